The minimum absolute atomic E-state index is 0.000233. The zero-order valence-corrected chi connectivity index (χ0v) is 22.3. The Morgan fingerprint density at radius 3 is 2.49 bits per heavy atom. The normalized spacial score (nSPS) is 19.2. The maximum atomic E-state index is 15.3. The van der Waals surface area contributed by atoms with Crippen LogP contribution in [0.2, 0.25) is 0 Å². The fourth-order valence-corrected chi connectivity index (χ4v) is 5.73. The summed E-state index contributed by atoms with van der Waals surface area (Å²) in [5.41, 5.74) is 7.89. The lowest BCUT2D eigenvalue weighted by Crippen LogP contribution is -2.56. The van der Waals surface area contributed by atoms with E-state index in [2.05, 4.69) is 26.3 Å². The van der Waals surface area contributed by atoms with E-state index < -0.39 is 5.82 Å². The first-order valence-electron chi connectivity index (χ1n) is 13.1. The molecular formula is C28H32FN7O3. The summed E-state index contributed by atoms with van der Waals surface area (Å²) in [5, 5.41) is 12.8. The molecule has 2 aromatic carbocycles. The van der Waals surface area contributed by atoms with Crippen molar-refractivity contribution in [1.82, 2.24) is 20.2 Å². The summed E-state index contributed by atoms with van der Waals surface area (Å²) < 4.78 is 25.8. The Morgan fingerprint density at radius 1 is 1.21 bits per heavy atom. The van der Waals surface area contributed by atoms with Crippen LogP contribution in [0.3, 0.4) is 0 Å². The number of aromatic nitrogens is 2. The molecule has 10 nitrogen and oxygen atoms in total. The molecule has 2 bridgehead atoms. The number of benzene rings is 2. The molecule has 2 aliphatic rings. The number of nitrogens with two attached hydrogens (primary N) is 1. The number of piperazine rings is 1. The molecule has 2 saturated heterocycles. The molecule has 39 heavy (non-hydrogen) atoms. The number of likely N-dealkylation sites (tertiary alicyclic amines) is 1. The summed E-state index contributed by atoms with van der Waals surface area (Å²) in [6.07, 6.45) is 2.05. The lowest BCUT2D eigenvalue weighted by molar-refractivity contribution is -0.132. The highest BCUT2D eigenvalue weighted by atomic mass is 19.1. The number of nitrogen functional groups attached to an aromatic ring is 1. The van der Waals surface area contributed by atoms with Crippen molar-refractivity contribution in [1.29, 1.82) is 5.26 Å². The van der Waals surface area contributed by atoms with Gasteiger partial charge in [0.25, 0.3) is 0 Å². The third kappa shape index (κ3) is 4.88. The van der Waals surface area contributed by atoms with Gasteiger partial charge in [0.15, 0.2) is 17.3 Å². The van der Waals surface area contributed by atoms with Crippen LogP contribution in [-0.4, -0.2) is 66.7 Å². The Morgan fingerprint density at radius 2 is 1.90 bits per heavy atom. The number of methoxy groups -OCH3 is 2. The van der Waals surface area contributed by atoms with Crippen molar-refractivity contribution in [2.24, 2.45) is 0 Å². The van der Waals surface area contributed by atoms with Crippen LogP contribution in [0.1, 0.15) is 43.4 Å². The van der Waals surface area contributed by atoms with Crippen LogP contribution in [0.4, 0.5) is 16.2 Å². The van der Waals surface area contributed by atoms with Crippen LogP contribution in [0.5, 0.6) is 11.5 Å². The molecular weight excluding hydrogens is 501 g/mol. The van der Waals surface area contributed by atoms with Gasteiger partial charge in [0.05, 0.1) is 25.9 Å². The minimum Gasteiger partial charge on any atom is -0.493 e. The van der Waals surface area contributed by atoms with E-state index in [4.69, 9.17) is 20.5 Å². The number of amides is 1. The first-order chi connectivity index (χ1) is 18.9. The summed E-state index contributed by atoms with van der Waals surface area (Å²) in [6, 6.07) is 10.9. The zero-order valence-electron chi connectivity index (χ0n) is 22.3. The monoisotopic (exact) mass is 533 g/mol. The second-order valence-corrected chi connectivity index (χ2v) is 9.87. The van der Waals surface area contributed by atoms with Crippen LogP contribution in [0.15, 0.2) is 30.3 Å². The van der Waals surface area contributed by atoms with E-state index >= 15 is 4.39 Å². The summed E-state index contributed by atoms with van der Waals surface area (Å²) in [6.45, 7) is 3.77. The number of hydrogen-bond acceptors (Lipinski definition) is 9. The van der Waals surface area contributed by atoms with Gasteiger partial charge in [-0.1, -0.05) is 19.1 Å². The van der Waals surface area contributed by atoms with Crippen LogP contribution in [0.25, 0.3) is 10.9 Å². The highest BCUT2D eigenvalue weighted by molar-refractivity contribution is 5.92. The Kier molecular flexibility index (Phi) is 7.39. The van der Waals surface area contributed by atoms with Gasteiger partial charge in [0, 0.05) is 43.0 Å². The van der Waals surface area contributed by atoms with E-state index in [0.717, 1.165) is 18.4 Å². The minimum atomic E-state index is -0.652. The van der Waals surface area contributed by atoms with Crippen molar-refractivity contribution in [3.8, 4) is 17.6 Å². The SMILES string of the molecule is CCN[C@H](CC(=O)N1CC2CCC(C1)N2c1nc(N)c2cc(OC)c(OC)c(F)c2n1)c1ccc(C#N)cc1. The van der Waals surface area contributed by atoms with Gasteiger partial charge in [0.2, 0.25) is 11.9 Å². The van der Waals surface area contributed by atoms with Gasteiger partial charge < -0.3 is 30.3 Å². The Bertz CT molecular complexity index is 1410. The first kappa shape index (κ1) is 26.4. The number of ether oxygens (including phenoxy) is 2. The summed E-state index contributed by atoms with van der Waals surface area (Å²) in [7, 11) is 2.80. The summed E-state index contributed by atoms with van der Waals surface area (Å²) in [5.74, 6) is 0.0985. The van der Waals surface area contributed by atoms with Crippen molar-refractivity contribution in [3.05, 3.63) is 47.3 Å². The molecule has 3 N–H and O–H groups in total. The summed E-state index contributed by atoms with van der Waals surface area (Å²) in [4.78, 5) is 26.5. The lowest BCUT2D eigenvalue weighted by atomic mass is 10.0. The molecule has 0 aliphatic carbocycles. The van der Waals surface area contributed by atoms with Crippen LogP contribution < -0.4 is 25.4 Å². The van der Waals surface area contributed by atoms with Gasteiger partial charge in [-0.15, -0.1) is 0 Å². The van der Waals surface area contributed by atoms with E-state index in [-0.39, 0.29) is 46.9 Å². The van der Waals surface area contributed by atoms with Crippen molar-refractivity contribution >= 4 is 28.6 Å². The average Bonchev–Trinajstić information content (AvgIpc) is 3.21. The first-order valence-corrected chi connectivity index (χ1v) is 13.1. The maximum Gasteiger partial charge on any atom is 0.228 e. The van der Waals surface area contributed by atoms with E-state index in [9.17, 15) is 4.79 Å². The van der Waals surface area contributed by atoms with Crippen LogP contribution in [0, 0.1) is 17.1 Å². The number of nitrogens with one attached hydrogen (secondary N) is 1. The van der Waals surface area contributed by atoms with E-state index in [0.29, 0.717) is 43.0 Å². The molecule has 3 atom stereocenters. The highest BCUT2D eigenvalue weighted by Crippen LogP contribution is 2.40. The molecule has 3 aromatic rings. The number of carbonyl (C=O) groups excluding carboxylic acids is 1. The smallest absolute Gasteiger partial charge is 0.228 e. The molecule has 5 rings (SSSR count). The number of anilines is 2. The Balaban J connectivity index is 1.36. The third-order valence-electron chi connectivity index (χ3n) is 7.63. The van der Waals surface area contributed by atoms with E-state index in [1.54, 1.807) is 18.2 Å². The number of carbonyl (C=O) groups is 1. The fourth-order valence-electron chi connectivity index (χ4n) is 5.73. The molecule has 0 spiro atoms. The fraction of sp³-hybridized carbons (Fsp3) is 0.429. The number of fused-ring (bicyclic) bond motifs is 3. The van der Waals surface area contributed by atoms with Crippen LogP contribution >= 0.6 is 0 Å². The lowest BCUT2D eigenvalue weighted by Gasteiger charge is -2.41. The van der Waals surface area contributed by atoms with Crippen molar-refractivity contribution < 1.29 is 18.7 Å². The standard InChI is InChI=1S/C28H32FN7O3/c1-4-32-21(17-7-5-16(13-30)6-8-17)12-23(37)35-14-18-9-10-19(15-35)36(18)28-33-25-20(27(31)34-28)11-22(38-2)26(39-3)24(25)29/h5-8,11,18-19,21,32H,4,9-10,12,14-15H2,1-3H3,(H2,31,33,34)/t18?,19?,21-/m1/s1. The average molecular weight is 534 g/mol. The maximum absolute atomic E-state index is 15.3. The quantitative estimate of drug-likeness (QED) is 0.448. The molecule has 2 unspecified atom stereocenters. The van der Waals surface area contributed by atoms with Gasteiger partial charge in [-0.25, -0.2) is 9.37 Å². The molecule has 0 saturated carbocycles. The number of halogens is 1. The van der Waals surface area contributed by atoms with Gasteiger partial charge in [-0.2, -0.15) is 10.2 Å². The Hall–Kier alpha value is -4.17. The predicted molar refractivity (Wildman–Crippen MR) is 145 cm³/mol. The number of hydrogen-bond donors (Lipinski definition) is 2. The van der Waals surface area contributed by atoms with Crippen molar-refractivity contribution in [2.45, 2.75) is 44.3 Å². The zero-order chi connectivity index (χ0) is 27.7. The second-order valence-electron chi connectivity index (χ2n) is 9.87. The molecule has 11 heteroatoms. The van der Waals surface area contributed by atoms with E-state index in [1.807, 2.05) is 24.0 Å². The highest BCUT2D eigenvalue weighted by Gasteiger charge is 2.43. The molecule has 1 amide bonds. The largest absolute Gasteiger partial charge is 0.493 e. The van der Waals surface area contributed by atoms with Gasteiger partial charge >= 0.3 is 0 Å². The Labute approximate surface area is 226 Å². The number of nitriles is 1. The second kappa shape index (κ2) is 10.9. The van der Waals surface area contributed by atoms with Crippen LogP contribution in [-0.2, 0) is 4.79 Å². The summed E-state index contributed by atoms with van der Waals surface area (Å²) >= 11 is 0. The molecule has 2 fully saturated rings. The number of rotatable bonds is 8. The molecule has 204 valence electrons. The van der Waals surface area contributed by atoms with E-state index in [1.165, 1.54) is 14.2 Å². The van der Waals surface area contributed by atoms with Crippen molar-refractivity contribution in [3.63, 3.8) is 0 Å². The topological polar surface area (TPSA) is 130 Å². The molecule has 3 heterocycles. The van der Waals surface area contributed by atoms with Gasteiger partial charge in [-0.05, 0) is 43.1 Å². The molecule has 0 radical (unpaired) electrons. The number of nitrogens with zero attached hydrogens (tertiary/aromatic N) is 5. The predicted octanol–water partition coefficient (Wildman–Crippen LogP) is 3.16. The molecule has 2 aliphatic heterocycles. The van der Waals surface area contributed by atoms with Gasteiger partial charge in [-0.3, -0.25) is 4.79 Å². The van der Waals surface area contributed by atoms with Gasteiger partial charge in [0.1, 0.15) is 11.3 Å². The third-order valence-corrected chi connectivity index (χ3v) is 7.63. The molecule has 1 aromatic heterocycles. The van der Waals surface area contributed by atoms with Crippen molar-refractivity contribution in [2.75, 3.05) is 44.5 Å².